The summed E-state index contributed by atoms with van der Waals surface area (Å²) in [6.07, 6.45) is 0. The summed E-state index contributed by atoms with van der Waals surface area (Å²) < 4.78 is 22.1. The van der Waals surface area contributed by atoms with Gasteiger partial charge in [-0.25, -0.2) is 0 Å². The molecule has 1 atom stereocenters. The Kier molecular flexibility index (Phi) is 3.38. The maximum absolute atomic E-state index is 11.6. The van der Waals surface area contributed by atoms with Gasteiger partial charge in [0, 0.05) is 21.5 Å². The molecule has 6 heteroatoms. The summed E-state index contributed by atoms with van der Waals surface area (Å²) >= 11 is -2.29. The van der Waals surface area contributed by atoms with E-state index in [9.17, 15) is 13.6 Å². The van der Waals surface area contributed by atoms with Gasteiger partial charge >= 0.3 is 29.6 Å². The third-order valence-corrected chi connectivity index (χ3v) is 3.39. The average molecular weight is 255 g/mol. The molecule has 0 radical (unpaired) electrons. The first-order chi connectivity index (χ1) is 7.68. The van der Waals surface area contributed by atoms with E-state index in [2.05, 4.69) is 5.32 Å². The standard InChI is InChI=1S/C11H7NO3S.Na/c13-11-7-3-1-2-6-9(16(14)15)5-4-8(12-11)10(6)7;/h1-5H,(H,12,13)(H,14,15);/q;+1/p-1. The van der Waals surface area contributed by atoms with E-state index in [1.54, 1.807) is 24.3 Å². The van der Waals surface area contributed by atoms with E-state index in [-0.39, 0.29) is 40.4 Å². The van der Waals surface area contributed by atoms with E-state index < -0.39 is 11.1 Å². The first-order valence-electron chi connectivity index (χ1n) is 4.65. The maximum atomic E-state index is 11.6. The molecule has 1 heterocycles. The molecule has 0 aliphatic carbocycles. The molecule has 3 rings (SSSR count). The minimum absolute atomic E-state index is 0. The van der Waals surface area contributed by atoms with Crippen molar-refractivity contribution in [3.8, 4) is 0 Å². The summed E-state index contributed by atoms with van der Waals surface area (Å²) in [6.45, 7) is 0. The van der Waals surface area contributed by atoms with Crippen LogP contribution in [-0.4, -0.2) is 14.7 Å². The van der Waals surface area contributed by atoms with E-state index in [1.807, 2.05) is 0 Å². The van der Waals surface area contributed by atoms with Crippen LogP contribution >= 0.6 is 0 Å². The van der Waals surface area contributed by atoms with Gasteiger partial charge in [0.05, 0.1) is 0 Å². The zero-order chi connectivity index (χ0) is 11.3. The summed E-state index contributed by atoms with van der Waals surface area (Å²) in [5.74, 6) is -0.186. The second kappa shape index (κ2) is 4.51. The Bertz CT molecular complexity index is 656. The van der Waals surface area contributed by atoms with Crippen molar-refractivity contribution in [3.05, 3.63) is 35.9 Å². The van der Waals surface area contributed by atoms with Crippen molar-refractivity contribution in [1.82, 2.24) is 0 Å². The van der Waals surface area contributed by atoms with Gasteiger partial charge in [0.15, 0.2) is 0 Å². The normalized spacial score (nSPS) is 14.3. The third kappa shape index (κ3) is 1.84. The summed E-state index contributed by atoms with van der Waals surface area (Å²) in [6, 6.07) is 8.18. The predicted octanol–water partition coefficient (Wildman–Crippen LogP) is -1.35. The number of benzene rings is 2. The van der Waals surface area contributed by atoms with Crippen molar-refractivity contribution in [2.75, 3.05) is 5.32 Å². The number of rotatable bonds is 1. The summed E-state index contributed by atoms with van der Waals surface area (Å²) in [4.78, 5) is 11.8. The molecule has 1 unspecified atom stereocenters. The average Bonchev–Trinajstić information content (AvgIpc) is 2.58. The Morgan fingerprint density at radius 2 is 1.94 bits per heavy atom. The largest absolute Gasteiger partial charge is 1.00 e. The van der Waals surface area contributed by atoms with Gasteiger partial charge in [0.25, 0.3) is 5.91 Å². The first-order valence-corrected chi connectivity index (χ1v) is 5.72. The van der Waals surface area contributed by atoms with Crippen LogP contribution in [0.2, 0.25) is 0 Å². The van der Waals surface area contributed by atoms with Gasteiger partial charge in [-0.2, -0.15) is 0 Å². The van der Waals surface area contributed by atoms with Crippen LogP contribution in [0.15, 0.2) is 35.2 Å². The van der Waals surface area contributed by atoms with Gasteiger partial charge in [-0.1, -0.05) is 12.1 Å². The third-order valence-electron chi connectivity index (χ3n) is 2.67. The van der Waals surface area contributed by atoms with Crippen molar-refractivity contribution in [2.45, 2.75) is 4.90 Å². The van der Waals surface area contributed by atoms with Crippen molar-refractivity contribution < 1.29 is 43.1 Å². The molecular weight excluding hydrogens is 249 g/mol. The SMILES string of the molecule is O=C1Nc2ccc(S(=O)[O-])c3cccc1c23.[Na+]. The number of hydrogen-bond acceptors (Lipinski definition) is 3. The van der Waals surface area contributed by atoms with Gasteiger partial charge in [-0.15, -0.1) is 0 Å². The number of carbonyl (C=O) groups excluding carboxylic acids is 1. The Balaban J connectivity index is 0.00000108. The number of nitrogens with one attached hydrogen (secondary N) is 1. The number of hydrogen-bond donors (Lipinski definition) is 1. The molecule has 2 aromatic rings. The van der Waals surface area contributed by atoms with Gasteiger partial charge in [-0.05, 0) is 34.7 Å². The minimum Gasteiger partial charge on any atom is -0.768 e. The molecule has 0 bridgehead atoms. The summed E-state index contributed by atoms with van der Waals surface area (Å²) in [5, 5.41) is 3.97. The first kappa shape index (κ1) is 12.7. The second-order valence-corrected chi connectivity index (χ2v) is 4.44. The molecule has 0 spiro atoms. The van der Waals surface area contributed by atoms with Gasteiger partial charge < -0.3 is 9.87 Å². The number of amides is 1. The molecule has 1 N–H and O–H groups in total. The van der Waals surface area contributed by atoms with E-state index >= 15 is 0 Å². The van der Waals surface area contributed by atoms with Crippen molar-refractivity contribution in [1.29, 1.82) is 0 Å². The topological polar surface area (TPSA) is 69.2 Å². The smallest absolute Gasteiger partial charge is 0.768 e. The number of carbonyl (C=O) groups is 1. The maximum Gasteiger partial charge on any atom is 1.00 e. The molecule has 0 saturated heterocycles. The van der Waals surface area contributed by atoms with Gasteiger partial charge in [0.1, 0.15) is 0 Å². The van der Waals surface area contributed by atoms with Crippen molar-refractivity contribution in [3.63, 3.8) is 0 Å². The quantitative estimate of drug-likeness (QED) is 0.506. The minimum atomic E-state index is -2.29. The van der Waals surface area contributed by atoms with E-state index in [0.717, 1.165) is 0 Å². The van der Waals surface area contributed by atoms with Crippen molar-refractivity contribution in [2.24, 2.45) is 0 Å². The fourth-order valence-electron chi connectivity index (χ4n) is 2.01. The molecular formula is C11H6NNaO3S. The molecule has 1 aliphatic heterocycles. The fourth-order valence-corrected chi connectivity index (χ4v) is 2.54. The van der Waals surface area contributed by atoms with E-state index in [0.29, 0.717) is 22.0 Å². The van der Waals surface area contributed by atoms with Crippen LogP contribution in [0, 0.1) is 0 Å². The predicted molar refractivity (Wildman–Crippen MR) is 59.1 cm³/mol. The van der Waals surface area contributed by atoms with Crippen molar-refractivity contribution >= 4 is 33.4 Å². The van der Waals surface area contributed by atoms with Crippen LogP contribution in [0.3, 0.4) is 0 Å². The molecule has 4 nitrogen and oxygen atoms in total. The molecule has 0 saturated carbocycles. The van der Waals surface area contributed by atoms with Crippen LogP contribution in [0.4, 0.5) is 5.69 Å². The monoisotopic (exact) mass is 255 g/mol. The molecule has 17 heavy (non-hydrogen) atoms. The summed E-state index contributed by atoms with van der Waals surface area (Å²) in [7, 11) is 0. The summed E-state index contributed by atoms with van der Waals surface area (Å²) in [5.41, 5.74) is 1.20. The van der Waals surface area contributed by atoms with E-state index in [1.165, 1.54) is 6.07 Å². The molecule has 1 aliphatic rings. The molecule has 1 amide bonds. The van der Waals surface area contributed by atoms with Crippen LogP contribution in [0.25, 0.3) is 10.8 Å². The van der Waals surface area contributed by atoms with Gasteiger partial charge in [0.2, 0.25) is 0 Å². The zero-order valence-corrected chi connectivity index (χ0v) is 11.8. The van der Waals surface area contributed by atoms with Crippen LogP contribution < -0.4 is 34.9 Å². The molecule has 80 valence electrons. The Morgan fingerprint density at radius 3 is 2.65 bits per heavy atom. The fraction of sp³-hybridized carbons (Fsp3) is 0. The van der Waals surface area contributed by atoms with Crippen LogP contribution in [0.5, 0.6) is 0 Å². The Hall–Kier alpha value is -0.720. The zero-order valence-electron chi connectivity index (χ0n) is 9.02. The Labute approximate surface area is 122 Å². The second-order valence-electron chi connectivity index (χ2n) is 3.53. The molecule has 0 fully saturated rings. The van der Waals surface area contributed by atoms with E-state index in [4.69, 9.17) is 0 Å². The Morgan fingerprint density at radius 1 is 1.18 bits per heavy atom. The van der Waals surface area contributed by atoms with Crippen LogP contribution in [-0.2, 0) is 11.1 Å². The number of anilines is 1. The van der Waals surface area contributed by atoms with Gasteiger partial charge in [-0.3, -0.25) is 9.00 Å². The van der Waals surface area contributed by atoms with Crippen LogP contribution in [0.1, 0.15) is 10.4 Å². The molecule has 2 aromatic carbocycles. The molecule has 0 aromatic heterocycles.